The predicted molar refractivity (Wildman–Crippen MR) is 104 cm³/mol. The molecule has 0 saturated carbocycles. The van der Waals surface area contributed by atoms with Crippen molar-refractivity contribution in [3.05, 3.63) is 71.2 Å². The summed E-state index contributed by atoms with van der Waals surface area (Å²) in [6.07, 6.45) is 1.84. The Morgan fingerprint density at radius 3 is 2.68 bits per heavy atom. The second-order valence-corrected chi connectivity index (χ2v) is 8.06. The van der Waals surface area contributed by atoms with Crippen LogP contribution < -0.4 is 4.72 Å². The zero-order valence-electron chi connectivity index (χ0n) is 14.9. The largest absolute Gasteiger partial charge is 0.289 e. The number of nitriles is 1. The van der Waals surface area contributed by atoms with Gasteiger partial charge in [0.05, 0.1) is 22.5 Å². The lowest BCUT2D eigenvalue weighted by atomic mass is 10.0. The Labute approximate surface area is 161 Å². The van der Waals surface area contributed by atoms with E-state index in [9.17, 15) is 17.6 Å². The number of benzene rings is 2. The Morgan fingerprint density at radius 2 is 1.96 bits per heavy atom. The molecule has 0 fully saturated rings. The van der Waals surface area contributed by atoms with Gasteiger partial charge in [0.15, 0.2) is 5.78 Å². The molecule has 8 heteroatoms. The molecule has 0 amide bonds. The van der Waals surface area contributed by atoms with Gasteiger partial charge in [-0.2, -0.15) is 5.26 Å². The van der Waals surface area contributed by atoms with Gasteiger partial charge in [-0.1, -0.05) is 6.92 Å². The fourth-order valence-corrected chi connectivity index (χ4v) is 3.90. The molecule has 28 heavy (non-hydrogen) atoms. The van der Waals surface area contributed by atoms with E-state index in [1.807, 2.05) is 6.07 Å². The molecule has 0 unspecified atom stereocenters. The summed E-state index contributed by atoms with van der Waals surface area (Å²) in [4.78, 5) is 17.0. The quantitative estimate of drug-likeness (QED) is 0.640. The SMILES string of the molecule is CCCS(=O)(=O)Nc1cc(F)cc(C(=O)c2ccc3ncc(C#N)cc3c2)c1. The Hall–Kier alpha value is -3.31. The van der Waals surface area contributed by atoms with E-state index in [2.05, 4.69) is 9.71 Å². The number of hydrogen-bond acceptors (Lipinski definition) is 5. The molecule has 0 spiro atoms. The zero-order chi connectivity index (χ0) is 20.3. The normalized spacial score (nSPS) is 11.2. The summed E-state index contributed by atoms with van der Waals surface area (Å²) in [5.41, 5.74) is 1.25. The van der Waals surface area contributed by atoms with Crippen LogP contribution in [-0.4, -0.2) is 24.9 Å². The maximum absolute atomic E-state index is 14.0. The topological polar surface area (TPSA) is 99.9 Å². The molecule has 3 aromatic rings. The van der Waals surface area contributed by atoms with Crippen molar-refractivity contribution in [2.75, 3.05) is 10.5 Å². The fraction of sp³-hybridized carbons (Fsp3) is 0.150. The number of anilines is 1. The molecular formula is C20H16FN3O3S. The van der Waals surface area contributed by atoms with Gasteiger partial charge in [0.2, 0.25) is 10.0 Å². The molecule has 1 N–H and O–H groups in total. The predicted octanol–water partition coefficient (Wildman–Crippen LogP) is 3.63. The first kappa shape index (κ1) is 19.5. The molecule has 3 rings (SSSR count). The van der Waals surface area contributed by atoms with Gasteiger partial charge in [-0.15, -0.1) is 0 Å². The number of rotatable bonds is 6. The monoisotopic (exact) mass is 397 g/mol. The average Bonchev–Trinajstić information content (AvgIpc) is 2.65. The van der Waals surface area contributed by atoms with Crippen LogP contribution in [0, 0.1) is 17.1 Å². The van der Waals surface area contributed by atoms with E-state index in [4.69, 9.17) is 5.26 Å². The second kappa shape index (κ2) is 7.74. The molecule has 0 aliphatic carbocycles. The highest BCUT2D eigenvalue weighted by molar-refractivity contribution is 7.92. The van der Waals surface area contributed by atoms with Crippen LogP contribution in [0.25, 0.3) is 10.9 Å². The zero-order valence-corrected chi connectivity index (χ0v) is 15.8. The minimum atomic E-state index is -3.61. The number of sulfonamides is 1. The molecule has 1 heterocycles. The standard InChI is InChI=1S/C20H16FN3O3S/c1-2-5-28(26,27)24-18-9-16(8-17(21)10-18)20(25)14-3-4-19-15(7-14)6-13(11-22)12-23-19/h3-4,6-10,12,24H,2,5H2,1H3. The molecule has 142 valence electrons. The molecule has 0 atom stereocenters. The first-order valence-corrected chi connectivity index (χ1v) is 10.1. The van der Waals surface area contributed by atoms with E-state index in [1.54, 1.807) is 31.2 Å². The Balaban J connectivity index is 1.98. The van der Waals surface area contributed by atoms with Crippen LogP contribution in [0.15, 0.2) is 48.7 Å². The third-order valence-corrected chi connectivity index (χ3v) is 5.47. The lowest BCUT2D eigenvalue weighted by Gasteiger charge is -2.09. The van der Waals surface area contributed by atoms with E-state index < -0.39 is 21.6 Å². The van der Waals surface area contributed by atoms with Crippen LogP contribution in [0.4, 0.5) is 10.1 Å². The molecule has 0 bridgehead atoms. The van der Waals surface area contributed by atoms with Gasteiger partial charge >= 0.3 is 0 Å². The smallest absolute Gasteiger partial charge is 0.232 e. The van der Waals surface area contributed by atoms with E-state index in [0.29, 0.717) is 22.9 Å². The molecule has 0 aliphatic rings. The van der Waals surface area contributed by atoms with Crippen molar-refractivity contribution in [2.24, 2.45) is 0 Å². The first-order chi connectivity index (χ1) is 13.3. The third kappa shape index (κ3) is 4.32. The molecule has 2 aromatic carbocycles. The van der Waals surface area contributed by atoms with Crippen LogP contribution in [0.1, 0.15) is 34.8 Å². The van der Waals surface area contributed by atoms with Crippen LogP contribution >= 0.6 is 0 Å². The Morgan fingerprint density at radius 1 is 1.18 bits per heavy atom. The summed E-state index contributed by atoms with van der Waals surface area (Å²) in [7, 11) is -3.61. The number of halogens is 1. The van der Waals surface area contributed by atoms with Crippen molar-refractivity contribution in [3.63, 3.8) is 0 Å². The van der Waals surface area contributed by atoms with Gasteiger partial charge in [-0.05, 0) is 48.9 Å². The van der Waals surface area contributed by atoms with Gasteiger partial charge in [0.25, 0.3) is 0 Å². The third-order valence-electron chi connectivity index (χ3n) is 3.98. The molecular weight excluding hydrogens is 381 g/mol. The minimum Gasteiger partial charge on any atom is -0.289 e. The molecule has 6 nitrogen and oxygen atoms in total. The van der Waals surface area contributed by atoms with Crippen LogP contribution in [0.2, 0.25) is 0 Å². The van der Waals surface area contributed by atoms with E-state index >= 15 is 0 Å². The fourth-order valence-electron chi connectivity index (χ4n) is 2.78. The maximum Gasteiger partial charge on any atom is 0.232 e. The summed E-state index contributed by atoms with van der Waals surface area (Å²) in [6, 6.07) is 11.7. The summed E-state index contributed by atoms with van der Waals surface area (Å²) in [5.74, 6) is -1.31. The summed E-state index contributed by atoms with van der Waals surface area (Å²) >= 11 is 0. The van der Waals surface area contributed by atoms with Gasteiger partial charge in [0.1, 0.15) is 11.9 Å². The highest BCUT2D eigenvalue weighted by Gasteiger charge is 2.15. The van der Waals surface area contributed by atoms with Gasteiger partial charge in [-0.25, -0.2) is 12.8 Å². The van der Waals surface area contributed by atoms with E-state index in [-0.39, 0.29) is 22.6 Å². The molecule has 0 radical (unpaired) electrons. The molecule has 0 saturated heterocycles. The number of ketones is 1. The summed E-state index contributed by atoms with van der Waals surface area (Å²) in [6.45, 7) is 1.71. The highest BCUT2D eigenvalue weighted by atomic mass is 32.2. The number of carbonyl (C=O) groups is 1. The number of nitrogens with zero attached hydrogens (tertiary/aromatic N) is 2. The van der Waals surface area contributed by atoms with Crippen LogP contribution in [0.3, 0.4) is 0 Å². The maximum atomic E-state index is 14.0. The first-order valence-electron chi connectivity index (χ1n) is 8.47. The number of nitrogens with one attached hydrogen (secondary N) is 1. The van der Waals surface area contributed by atoms with E-state index in [1.165, 1.54) is 12.3 Å². The summed E-state index contributed by atoms with van der Waals surface area (Å²) < 4.78 is 40.1. The highest BCUT2D eigenvalue weighted by Crippen LogP contribution is 2.21. The van der Waals surface area contributed by atoms with Gasteiger partial charge in [-0.3, -0.25) is 14.5 Å². The lowest BCUT2D eigenvalue weighted by Crippen LogP contribution is -2.16. The van der Waals surface area contributed by atoms with Gasteiger partial charge in [0, 0.05) is 22.7 Å². The van der Waals surface area contributed by atoms with Crippen molar-refractivity contribution in [3.8, 4) is 6.07 Å². The number of hydrogen-bond donors (Lipinski definition) is 1. The van der Waals surface area contributed by atoms with Gasteiger partial charge < -0.3 is 0 Å². The van der Waals surface area contributed by atoms with Crippen molar-refractivity contribution in [1.82, 2.24) is 4.98 Å². The van der Waals surface area contributed by atoms with Crippen molar-refractivity contribution in [2.45, 2.75) is 13.3 Å². The lowest BCUT2D eigenvalue weighted by molar-refractivity contribution is 0.103. The number of aromatic nitrogens is 1. The Kier molecular flexibility index (Phi) is 5.38. The molecule has 0 aliphatic heterocycles. The minimum absolute atomic E-state index is 0.00831. The van der Waals surface area contributed by atoms with Crippen LogP contribution in [0.5, 0.6) is 0 Å². The van der Waals surface area contributed by atoms with Crippen LogP contribution in [-0.2, 0) is 10.0 Å². The van der Waals surface area contributed by atoms with Crippen molar-refractivity contribution < 1.29 is 17.6 Å². The van der Waals surface area contributed by atoms with Crippen molar-refractivity contribution in [1.29, 1.82) is 5.26 Å². The average molecular weight is 397 g/mol. The number of fused-ring (bicyclic) bond motifs is 1. The number of carbonyl (C=O) groups excluding carboxylic acids is 1. The van der Waals surface area contributed by atoms with Crippen molar-refractivity contribution >= 4 is 32.4 Å². The summed E-state index contributed by atoms with van der Waals surface area (Å²) in [5, 5.41) is 9.59. The van der Waals surface area contributed by atoms with E-state index in [0.717, 1.165) is 12.1 Å². The second-order valence-electron chi connectivity index (χ2n) is 6.22. The number of pyridine rings is 1. The Bertz CT molecular complexity index is 1220. The molecule has 1 aromatic heterocycles.